The van der Waals surface area contributed by atoms with Crippen LogP contribution in [-0.4, -0.2) is 104 Å². The Hall–Kier alpha value is -3.78. The summed E-state index contributed by atoms with van der Waals surface area (Å²) in [5, 5.41) is 65.1. The molecule has 47 heavy (non-hydrogen) atoms. The van der Waals surface area contributed by atoms with Gasteiger partial charge in [0.1, 0.15) is 35.6 Å². The summed E-state index contributed by atoms with van der Waals surface area (Å²) >= 11 is 0. The van der Waals surface area contributed by atoms with E-state index in [9.17, 15) is 40.2 Å². The second kappa shape index (κ2) is 12.0. The van der Waals surface area contributed by atoms with Crippen molar-refractivity contribution in [3.63, 3.8) is 0 Å². The number of Topliss-reactive ketones (excluding diaryl/α,β-unsaturated/α-hetero) is 1. The maximum absolute atomic E-state index is 14.4. The number of methoxy groups -OCH3 is 1. The van der Waals surface area contributed by atoms with Crippen molar-refractivity contribution in [3.8, 4) is 17.2 Å². The Kier molecular flexibility index (Phi) is 8.14. The van der Waals surface area contributed by atoms with Crippen LogP contribution < -0.4 is 9.47 Å². The summed E-state index contributed by atoms with van der Waals surface area (Å²) in [6, 6.07) is 10.4. The Bertz CT molecular complexity index is 1740. The van der Waals surface area contributed by atoms with Crippen molar-refractivity contribution in [2.24, 2.45) is 5.92 Å². The van der Waals surface area contributed by atoms with Crippen LogP contribution in [0.5, 0.6) is 17.2 Å². The van der Waals surface area contributed by atoms with E-state index in [1.807, 2.05) is 12.1 Å². The minimum absolute atomic E-state index is 0.0400. The van der Waals surface area contributed by atoms with Crippen LogP contribution in [0.2, 0.25) is 0 Å². The summed E-state index contributed by atoms with van der Waals surface area (Å²) in [4.78, 5) is 29.1. The lowest BCUT2D eigenvalue weighted by atomic mass is 9.72. The highest BCUT2D eigenvalue weighted by atomic mass is 16.7. The summed E-state index contributed by atoms with van der Waals surface area (Å²) in [5.74, 6) is -0.389. The van der Waals surface area contributed by atoms with Gasteiger partial charge in [-0.2, -0.15) is 0 Å². The van der Waals surface area contributed by atoms with Crippen LogP contribution in [0.25, 0.3) is 10.8 Å². The van der Waals surface area contributed by atoms with E-state index in [4.69, 9.17) is 14.2 Å². The number of fused-ring (bicyclic) bond motifs is 6. The molecule has 1 saturated carbocycles. The third-order valence-electron chi connectivity index (χ3n) is 10.6. The Morgan fingerprint density at radius 3 is 2.64 bits per heavy atom. The molecule has 12 nitrogen and oxygen atoms in total. The van der Waals surface area contributed by atoms with Gasteiger partial charge in [-0.1, -0.05) is 24.6 Å². The molecule has 2 aliphatic carbocycles. The van der Waals surface area contributed by atoms with Crippen LogP contribution in [0.15, 0.2) is 36.4 Å². The zero-order valence-electron chi connectivity index (χ0n) is 26.0. The van der Waals surface area contributed by atoms with E-state index in [2.05, 4.69) is 0 Å². The number of aryl methyl sites for hydroxylation is 1. The molecular formula is C35H39NO11. The lowest BCUT2D eigenvalue weighted by molar-refractivity contribution is -0.327. The molecule has 2 heterocycles. The van der Waals surface area contributed by atoms with E-state index in [1.54, 1.807) is 18.2 Å². The first-order chi connectivity index (χ1) is 22.6. The topological polar surface area (TPSA) is 186 Å². The maximum Gasteiger partial charge on any atom is 0.254 e. The number of aliphatic hydroxyl groups excluding tert-OH is 4. The largest absolute Gasteiger partial charge is 0.506 e. The number of amides is 1. The number of phenols is 1. The molecule has 0 aromatic heterocycles. The second-order valence-corrected chi connectivity index (χ2v) is 13.1. The Morgan fingerprint density at radius 2 is 1.91 bits per heavy atom. The highest BCUT2D eigenvalue weighted by Crippen LogP contribution is 2.54. The van der Waals surface area contributed by atoms with Crippen molar-refractivity contribution in [1.82, 2.24) is 4.90 Å². The fraction of sp³-hybridized carbons (Fsp3) is 0.486. The van der Waals surface area contributed by atoms with Crippen LogP contribution in [0.3, 0.4) is 0 Å². The van der Waals surface area contributed by atoms with Crippen LogP contribution >= 0.6 is 0 Å². The van der Waals surface area contributed by atoms with Crippen molar-refractivity contribution in [2.45, 2.75) is 74.8 Å². The number of benzene rings is 3. The SMILES string of the molecule is COc1cc(O[C@H]2O[C@H](CO)[C@@H](O)[C@H](O)[C@]2(O)CO)c2c(O)c(C(=O)CN3Cc4ccccc4C3=O)c3c(c2c1)CC[C@H]1CCC[C@@H]31. The summed E-state index contributed by atoms with van der Waals surface area (Å²) in [6.45, 7) is -1.78. The van der Waals surface area contributed by atoms with Crippen molar-refractivity contribution in [1.29, 1.82) is 0 Å². The molecule has 1 amide bonds. The fourth-order valence-corrected chi connectivity index (χ4v) is 8.14. The highest BCUT2D eigenvalue weighted by Gasteiger charge is 2.56. The number of carbonyl (C=O) groups is 2. The van der Waals surface area contributed by atoms with E-state index in [1.165, 1.54) is 18.1 Å². The molecule has 0 radical (unpaired) electrons. The molecule has 2 fully saturated rings. The predicted molar refractivity (Wildman–Crippen MR) is 167 cm³/mol. The monoisotopic (exact) mass is 649 g/mol. The smallest absolute Gasteiger partial charge is 0.254 e. The highest BCUT2D eigenvalue weighted by molar-refractivity contribution is 6.12. The van der Waals surface area contributed by atoms with Gasteiger partial charge in [0.2, 0.25) is 6.29 Å². The van der Waals surface area contributed by atoms with Crippen LogP contribution in [0.1, 0.15) is 69.0 Å². The normalized spacial score (nSPS) is 29.8. The van der Waals surface area contributed by atoms with Crippen molar-refractivity contribution < 1.29 is 54.4 Å². The molecule has 0 bridgehead atoms. The first-order valence-corrected chi connectivity index (χ1v) is 16.0. The average molecular weight is 650 g/mol. The van der Waals surface area contributed by atoms with Gasteiger partial charge in [0.25, 0.3) is 5.91 Å². The molecule has 0 unspecified atom stereocenters. The molecular weight excluding hydrogens is 610 g/mol. The van der Waals surface area contributed by atoms with E-state index in [-0.39, 0.29) is 47.4 Å². The minimum atomic E-state index is -2.52. The fourth-order valence-electron chi connectivity index (χ4n) is 8.14. The lowest BCUT2D eigenvalue weighted by Crippen LogP contribution is -2.69. The number of aromatic hydroxyl groups is 1. The molecule has 4 aliphatic rings. The van der Waals surface area contributed by atoms with Crippen LogP contribution in [0, 0.1) is 5.92 Å². The summed E-state index contributed by atoms with van der Waals surface area (Å²) in [6.07, 6.45) is -2.50. The van der Waals surface area contributed by atoms with Gasteiger partial charge in [-0.05, 0) is 71.7 Å². The number of hydrogen-bond donors (Lipinski definition) is 6. The van der Waals surface area contributed by atoms with Crippen LogP contribution in [-0.2, 0) is 17.7 Å². The Morgan fingerprint density at radius 1 is 1.13 bits per heavy atom. The van der Waals surface area contributed by atoms with Gasteiger partial charge in [0.05, 0.1) is 37.8 Å². The predicted octanol–water partition coefficient (Wildman–Crippen LogP) is 1.76. The summed E-state index contributed by atoms with van der Waals surface area (Å²) < 4.78 is 17.4. The molecule has 3 aromatic carbocycles. The molecule has 2 aliphatic heterocycles. The van der Waals surface area contributed by atoms with E-state index in [0.29, 0.717) is 29.0 Å². The molecule has 250 valence electrons. The van der Waals surface area contributed by atoms with Crippen molar-refractivity contribution in [3.05, 3.63) is 64.2 Å². The van der Waals surface area contributed by atoms with Gasteiger partial charge >= 0.3 is 0 Å². The van der Waals surface area contributed by atoms with Gasteiger partial charge < -0.3 is 49.7 Å². The standard InChI is InChI=1S/C35H39NO11/c1-45-19-11-23-22-10-9-17-6-4-8-20(17)27(22)29(24(39)14-36-13-18-5-2-3-7-21(18)33(36)43)31(41)28(23)25(12-19)46-34-35(44,16-38)32(42)30(40)26(15-37)47-34/h2-3,5,7,11-12,17,20,26,30,32,34,37-38,40-42,44H,4,6,8-10,13-16H2,1H3/t17-,20-,26-,30-,32+,34+,35-/m1/s1. The second-order valence-electron chi connectivity index (χ2n) is 13.1. The van der Waals surface area contributed by atoms with Gasteiger partial charge in [-0.25, -0.2) is 0 Å². The quantitative estimate of drug-likeness (QED) is 0.195. The zero-order valence-corrected chi connectivity index (χ0v) is 26.0. The summed E-state index contributed by atoms with van der Waals surface area (Å²) in [7, 11) is 1.45. The van der Waals surface area contributed by atoms with Gasteiger partial charge in [-0.15, -0.1) is 0 Å². The first-order valence-electron chi connectivity index (χ1n) is 16.0. The van der Waals surface area contributed by atoms with Crippen molar-refractivity contribution >= 4 is 22.5 Å². The Balaban J connectivity index is 1.38. The molecule has 0 spiro atoms. The Labute approximate surface area is 270 Å². The lowest BCUT2D eigenvalue weighted by Gasteiger charge is -2.46. The third-order valence-corrected chi connectivity index (χ3v) is 10.6. The molecule has 6 N–H and O–H groups in total. The van der Waals surface area contributed by atoms with Crippen LogP contribution in [0.4, 0.5) is 0 Å². The van der Waals surface area contributed by atoms with Gasteiger partial charge in [0, 0.05) is 18.2 Å². The number of ketones is 1. The van der Waals surface area contributed by atoms with E-state index < -0.39 is 49.2 Å². The van der Waals surface area contributed by atoms with E-state index in [0.717, 1.165) is 42.4 Å². The summed E-state index contributed by atoms with van der Waals surface area (Å²) in [5.41, 5.74) is 0.595. The molecule has 1 saturated heterocycles. The van der Waals surface area contributed by atoms with Crippen molar-refractivity contribution in [2.75, 3.05) is 26.9 Å². The average Bonchev–Trinajstić information content (AvgIpc) is 3.69. The third kappa shape index (κ3) is 4.97. The maximum atomic E-state index is 14.4. The number of hydrogen-bond acceptors (Lipinski definition) is 11. The number of ether oxygens (including phenoxy) is 3. The number of rotatable bonds is 8. The zero-order chi connectivity index (χ0) is 33.2. The number of phenolic OH excluding ortho intramolecular Hbond substituents is 1. The first kappa shape index (κ1) is 31.8. The van der Waals surface area contributed by atoms with Gasteiger partial charge in [0.15, 0.2) is 11.4 Å². The molecule has 7 atom stereocenters. The molecule has 7 rings (SSSR count). The number of carbonyl (C=O) groups excluding carboxylic acids is 2. The number of nitrogens with zero attached hydrogens (tertiary/aromatic N) is 1. The molecule has 3 aromatic rings. The molecule has 12 heteroatoms. The minimum Gasteiger partial charge on any atom is -0.506 e. The van der Waals surface area contributed by atoms with E-state index >= 15 is 0 Å². The number of aliphatic hydroxyl groups is 5. The van der Waals surface area contributed by atoms with Gasteiger partial charge in [-0.3, -0.25) is 9.59 Å².